The molecule has 1 fully saturated rings. The van der Waals surface area contributed by atoms with Gasteiger partial charge in [-0.15, -0.1) is 0 Å². The minimum Gasteiger partial charge on any atom is -0.357 e. The molecule has 1 aromatic carbocycles. The monoisotopic (exact) mass is 344 g/mol. The first-order valence-electron chi connectivity index (χ1n) is 9.50. The van der Waals surface area contributed by atoms with Gasteiger partial charge in [0.15, 0.2) is 5.96 Å². The van der Waals surface area contributed by atoms with Gasteiger partial charge in [0.1, 0.15) is 0 Å². The van der Waals surface area contributed by atoms with Crippen LogP contribution in [-0.2, 0) is 10.2 Å². The first kappa shape index (κ1) is 19.3. The molecule has 1 aromatic rings. The van der Waals surface area contributed by atoms with Gasteiger partial charge < -0.3 is 16.0 Å². The van der Waals surface area contributed by atoms with Crippen LogP contribution >= 0.6 is 0 Å². The van der Waals surface area contributed by atoms with E-state index in [1.807, 2.05) is 0 Å². The first-order valence-corrected chi connectivity index (χ1v) is 9.50. The van der Waals surface area contributed by atoms with Gasteiger partial charge in [-0.05, 0) is 31.7 Å². The Bertz CT molecular complexity index is 556. The average Bonchev–Trinajstić information content (AvgIpc) is 2.66. The first-order chi connectivity index (χ1) is 12.1. The van der Waals surface area contributed by atoms with Crippen molar-refractivity contribution >= 4 is 11.9 Å². The fourth-order valence-corrected chi connectivity index (χ4v) is 3.36. The SMILES string of the molecule is CCNC(=NCC(CC)(CC)c1ccccc1)NC1CCC(=O)NC1. The lowest BCUT2D eigenvalue weighted by molar-refractivity contribution is -0.122. The summed E-state index contributed by atoms with van der Waals surface area (Å²) in [4.78, 5) is 16.2. The maximum atomic E-state index is 11.3. The van der Waals surface area contributed by atoms with Gasteiger partial charge in [0.25, 0.3) is 0 Å². The number of nitrogens with zero attached hydrogens (tertiary/aromatic N) is 1. The maximum absolute atomic E-state index is 11.3. The summed E-state index contributed by atoms with van der Waals surface area (Å²) < 4.78 is 0. The van der Waals surface area contributed by atoms with Gasteiger partial charge in [0.05, 0.1) is 6.54 Å². The van der Waals surface area contributed by atoms with Crippen LogP contribution in [0.2, 0.25) is 0 Å². The highest BCUT2D eigenvalue weighted by Gasteiger charge is 2.28. The summed E-state index contributed by atoms with van der Waals surface area (Å²) in [6.45, 7) is 8.78. The molecule has 1 saturated heterocycles. The Labute approximate surface area is 151 Å². The van der Waals surface area contributed by atoms with Crippen molar-refractivity contribution in [2.75, 3.05) is 19.6 Å². The lowest BCUT2D eigenvalue weighted by Crippen LogP contribution is -2.51. The van der Waals surface area contributed by atoms with E-state index in [0.717, 1.165) is 38.3 Å². The number of amides is 1. The number of hydrogen-bond acceptors (Lipinski definition) is 2. The quantitative estimate of drug-likeness (QED) is 0.526. The lowest BCUT2D eigenvalue weighted by atomic mass is 9.76. The number of benzene rings is 1. The predicted molar refractivity (Wildman–Crippen MR) is 104 cm³/mol. The van der Waals surface area contributed by atoms with Gasteiger partial charge in [0, 0.05) is 31.0 Å². The lowest BCUT2D eigenvalue weighted by Gasteiger charge is -2.31. The van der Waals surface area contributed by atoms with E-state index < -0.39 is 0 Å². The second-order valence-corrected chi connectivity index (χ2v) is 6.73. The molecule has 2 rings (SSSR count). The van der Waals surface area contributed by atoms with E-state index >= 15 is 0 Å². The summed E-state index contributed by atoms with van der Waals surface area (Å²) in [6.07, 6.45) is 3.53. The number of piperidine rings is 1. The highest BCUT2D eigenvalue weighted by Crippen LogP contribution is 2.31. The highest BCUT2D eigenvalue weighted by atomic mass is 16.1. The molecule has 0 aromatic heterocycles. The second-order valence-electron chi connectivity index (χ2n) is 6.73. The fourth-order valence-electron chi connectivity index (χ4n) is 3.36. The third-order valence-electron chi connectivity index (χ3n) is 5.23. The molecule has 1 atom stereocenters. The van der Waals surface area contributed by atoms with Gasteiger partial charge >= 0.3 is 0 Å². The molecule has 1 aliphatic rings. The zero-order chi connectivity index (χ0) is 18.1. The maximum Gasteiger partial charge on any atom is 0.220 e. The number of aliphatic imine (C=N–C) groups is 1. The van der Waals surface area contributed by atoms with Gasteiger partial charge in [-0.25, -0.2) is 0 Å². The van der Waals surface area contributed by atoms with Crippen LogP contribution in [0.15, 0.2) is 35.3 Å². The number of hydrogen-bond donors (Lipinski definition) is 3. The van der Waals surface area contributed by atoms with Crippen molar-refractivity contribution in [2.45, 2.75) is 57.9 Å². The summed E-state index contributed by atoms with van der Waals surface area (Å²) in [5.74, 6) is 0.978. The van der Waals surface area contributed by atoms with E-state index in [2.05, 4.69) is 67.1 Å². The molecule has 1 aliphatic heterocycles. The van der Waals surface area contributed by atoms with Crippen molar-refractivity contribution in [2.24, 2.45) is 4.99 Å². The van der Waals surface area contributed by atoms with Crippen LogP contribution in [-0.4, -0.2) is 37.5 Å². The molecule has 3 N–H and O–H groups in total. The van der Waals surface area contributed by atoms with Crippen LogP contribution in [0.4, 0.5) is 0 Å². The number of carbonyl (C=O) groups is 1. The molecule has 5 nitrogen and oxygen atoms in total. The molecule has 1 amide bonds. The average molecular weight is 345 g/mol. The van der Waals surface area contributed by atoms with Gasteiger partial charge in [-0.3, -0.25) is 9.79 Å². The molecule has 0 saturated carbocycles. The number of guanidine groups is 1. The summed E-state index contributed by atoms with van der Waals surface area (Å²) in [5.41, 5.74) is 1.41. The van der Waals surface area contributed by atoms with E-state index in [9.17, 15) is 4.79 Å². The molecule has 5 heteroatoms. The molecule has 0 bridgehead atoms. The van der Waals surface area contributed by atoms with Gasteiger partial charge in [0.2, 0.25) is 5.91 Å². The Hall–Kier alpha value is -2.04. The second kappa shape index (κ2) is 9.44. The molecule has 0 radical (unpaired) electrons. The molecule has 0 spiro atoms. The summed E-state index contributed by atoms with van der Waals surface area (Å²) in [5, 5.41) is 9.73. The smallest absolute Gasteiger partial charge is 0.220 e. The molecular weight excluding hydrogens is 312 g/mol. The van der Waals surface area contributed by atoms with Crippen molar-refractivity contribution in [3.8, 4) is 0 Å². The number of carbonyl (C=O) groups excluding carboxylic acids is 1. The molecule has 0 aliphatic carbocycles. The van der Waals surface area contributed by atoms with Crippen LogP contribution < -0.4 is 16.0 Å². The molecule has 25 heavy (non-hydrogen) atoms. The van der Waals surface area contributed by atoms with Gasteiger partial charge in [-0.2, -0.15) is 0 Å². The van der Waals surface area contributed by atoms with E-state index in [-0.39, 0.29) is 17.4 Å². The highest BCUT2D eigenvalue weighted by molar-refractivity contribution is 5.81. The molecule has 1 unspecified atom stereocenters. The minimum absolute atomic E-state index is 0.0599. The van der Waals surface area contributed by atoms with E-state index in [4.69, 9.17) is 4.99 Å². The molecular formula is C20H32N4O. The Balaban J connectivity index is 2.10. The Morgan fingerprint density at radius 2 is 1.96 bits per heavy atom. The Kier molecular flexibility index (Phi) is 7.29. The summed E-state index contributed by atoms with van der Waals surface area (Å²) in [6, 6.07) is 10.9. The van der Waals surface area contributed by atoms with Crippen molar-refractivity contribution < 1.29 is 4.79 Å². The third kappa shape index (κ3) is 5.21. The fraction of sp³-hybridized carbons (Fsp3) is 0.600. The predicted octanol–water partition coefficient (Wildman–Crippen LogP) is 2.58. The van der Waals surface area contributed by atoms with Crippen LogP contribution in [0.25, 0.3) is 0 Å². The van der Waals surface area contributed by atoms with Crippen molar-refractivity contribution in [3.05, 3.63) is 35.9 Å². The van der Waals surface area contributed by atoms with Crippen molar-refractivity contribution in [1.29, 1.82) is 0 Å². The minimum atomic E-state index is 0.0599. The largest absolute Gasteiger partial charge is 0.357 e. The van der Waals surface area contributed by atoms with Crippen LogP contribution in [0.3, 0.4) is 0 Å². The van der Waals surface area contributed by atoms with Crippen LogP contribution in [0, 0.1) is 0 Å². The molecule has 1 heterocycles. The van der Waals surface area contributed by atoms with Crippen LogP contribution in [0.5, 0.6) is 0 Å². The molecule has 138 valence electrons. The topological polar surface area (TPSA) is 65.5 Å². The normalized spacial score (nSPS) is 18.6. The van der Waals surface area contributed by atoms with E-state index in [0.29, 0.717) is 13.0 Å². The van der Waals surface area contributed by atoms with E-state index in [1.165, 1.54) is 5.56 Å². The van der Waals surface area contributed by atoms with Crippen molar-refractivity contribution in [3.63, 3.8) is 0 Å². The van der Waals surface area contributed by atoms with Crippen molar-refractivity contribution in [1.82, 2.24) is 16.0 Å². The number of nitrogens with one attached hydrogen (secondary N) is 3. The van der Waals surface area contributed by atoms with E-state index in [1.54, 1.807) is 0 Å². The zero-order valence-corrected chi connectivity index (χ0v) is 15.8. The summed E-state index contributed by atoms with van der Waals surface area (Å²) in [7, 11) is 0. The van der Waals surface area contributed by atoms with Gasteiger partial charge in [-0.1, -0.05) is 44.2 Å². The standard InChI is InChI=1S/C20H32N4O/c1-4-20(5-2,16-10-8-7-9-11-16)15-23-19(21-6-3)24-17-12-13-18(25)22-14-17/h7-11,17H,4-6,12-15H2,1-3H3,(H,22,25)(H2,21,23,24). The Morgan fingerprint density at radius 3 is 2.52 bits per heavy atom. The Morgan fingerprint density at radius 1 is 1.24 bits per heavy atom. The number of rotatable bonds is 7. The van der Waals surface area contributed by atoms with Crippen LogP contribution in [0.1, 0.15) is 52.0 Å². The summed E-state index contributed by atoms with van der Waals surface area (Å²) >= 11 is 0. The third-order valence-corrected chi connectivity index (χ3v) is 5.23. The zero-order valence-electron chi connectivity index (χ0n) is 15.8.